The number of anilines is 1. The van der Waals surface area contributed by atoms with Gasteiger partial charge in [-0.05, 0) is 12.1 Å². The van der Waals surface area contributed by atoms with Crippen molar-refractivity contribution < 1.29 is 18.0 Å². The van der Waals surface area contributed by atoms with Gasteiger partial charge in [-0.15, -0.1) is 10.2 Å². The van der Waals surface area contributed by atoms with Crippen molar-refractivity contribution in [3.05, 3.63) is 17.8 Å². The zero-order chi connectivity index (χ0) is 12.9. The van der Waals surface area contributed by atoms with Gasteiger partial charge >= 0.3 is 6.18 Å². The molecule has 17 heavy (non-hydrogen) atoms. The van der Waals surface area contributed by atoms with Crippen molar-refractivity contribution in [1.29, 1.82) is 0 Å². The average molecular weight is 248 g/mol. The second-order valence-electron chi connectivity index (χ2n) is 3.17. The zero-order valence-electron chi connectivity index (χ0n) is 9.01. The molecule has 0 aliphatic heterocycles. The number of rotatable bonds is 4. The van der Waals surface area contributed by atoms with Crippen LogP contribution in [0.15, 0.2) is 12.1 Å². The molecule has 0 bridgehead atoms. The van der Waals surface area contributed by atoms with Crippen LogP contribution >= 0.6 is 0 Å². The van der Waals surface area contributed by atoms with E-state index in [1.54, 1.807) is 7.05 Å². The van der Waals surface area contributed by atoms with Gasteiger partial charge in [-0.3, -0.25) is 4.79 Å². The summed E-state index contributed by atoms with van der Waals surface area (Å²) in [5, 5.41) is 12.0. The third-order valence-electron chi connectivity index (χ3n) is 1.85. The third kappa shape index (κ3) is 4.66. The first-order valence-electron chi connectivity index (χ1n) is 4.79. The second kappa shape index (κ2) is 5.46. The summed E-state index contributed by atoms with van der Waals surface area (Å²) in [6.45, 7) is -0.474. The summed E-state index contributed by atoms with van der Waals surface area (Å²) in [4.78, 5) is 11.3. The highest BCUT2D eigenvalue weighted by Gasteiger charge is 2.26. The van der Waals surface area contributed by atoms with Crippen LogP contribution in [0.4, 0.5) is 19.0 Å². The first kappa shape index (κ1) is 13.2. The summed E-state index contributed by atoms with van der Waals surface area (Å²) in [6.07, 6.45) is -5.35. The number of halogens is 3. The Hall–Kier alpha value is -1.86. The molecule has 1 rings (SSSR count). The average Bonchev–Trinajstić information content (AvgIpc) is 2.27. The molecule has 0 saturated heterocycles. The van der Waals surface area contributed by atoms with Crippen LogP contribution in [0, 0.1) is 0 Å². The molecule has 0 spiro atoms. The third-order valence-corrected chi connectivity index (χ3v) is 1.85. The molecule has 1 amide bonds. The van der Waals surface area contributed by atoms with E-state index in [1.165, 1.54) is 12.1 Å². The summed E-state index contributed by atoms with van der Waals surface area (Å²) in [5.41, 5.74) is -0.0221. The van der Waals surface area contributed by atoms with Crippen molar-refractivity contribution in [3.8, 4) is 0 Å². The van der Waals surface area contributed by atoms with E-state index in [2.05, 4.69) is 20.8 Å². The fourth-order valence-corrected chi connectivity index (χ4v) is 0.995. The van der Waals surface area contributed by atoms with Gasteiger partial charge < -0.3 is 10.6 Å². The monoisotopic (exact) mass is 248 g/mol. The lowest BCUT2D eigenvalue weighted by atomic mass is 10.3. The largest absolute Gasteiger partial charge is 0.390 e. The highest BCUT2D eigenvalue weighted by Crippen LogP contribution is 2.18. The van der Waals surface area contributed by atoms with E-state index in [0.717, 1.165) is 0 Å². The van der Waals surface area contributed by atoms with Crippen LogP contribution in [0.5, 0.6) is 0 Å². The van der Waals surface area contributed by atoms with Gasteiger partial charge in [0, 0.05) is 13.6 Å². The van der Waals surface area contributed by atoms with Crippen LogP contribution in [0.3, 0.4) is 0 Å². The number of carbonyl (C=O) groups is 1. The quantitative estimate of drug-likeness (QED) is 0.840. The maximum absolute atomic E-state index is 11.8. The van der Waals surface area contributed by atoms with E-state index in [4.69, 9.17) is 0 Å². The topological polar surface area (TPSA) is 66.9 Å². The molecule has 0 saturated carbocycles. The van der Waals surface area contributed by atoms with E-state index >= 15 is 0 Å². The van der Waals surface area contributed by atoms with Gasteiger partial charge in [-0.25, -0.2) is 0 Å². The molecule has 0 unspecified atom stereocenters. The Labute approximate surface area is 95.4 Å². The summed E-state index contributed by atoms with van der Waals surface area (Å²) in [6, 6.07) is 2.88. The SMILES string of the molecule is CNc1ccc(C(=O)NCCC(F)(F)F)nn1. The van der Waals surface area contributed by atoms with Gasteiger partial charge in [0.1, 0.15) is 5.82 Å². The van der Waals surface area contributed by atoms with Crippen molar-refractivity contribution in [1.82, 2.24) is 15.5 Å². The minimum absolute atomic E-state index is 0.0221. The van der Waals surface area contributed by atoms with Crippen LogP contribution in [0.1, 0.15) is 16.9 Å². The Bertz CT molecular complexity index is 377. The maximum atomic E-state index is 11.8. The summed E-state index contributed by atoms with van der Waals surface area (Å²) in [7, 11) is 1.63. The molecule has 5 nitrogen and oxygen atoms in total. The lowest BCUT2D eigenvalue weighted by Gasteiger charge is -2.07. The molecule has 1 aromatic heterocycles. The van der Waals surface area contributed by atoms with Crippen molar-refractivity contribution in [3.63, 3.8) is 0 Å². The van der Waals surface area contributed by atoms with Gasteiger partial charge in [0.05, 0.1) is 6.42 Å². The van der Waals surface area contributed by atoms with Gasteiger partial charge in [-0.2, -0.15) is 13.2 Å². The number of hydrogen-bond acceptors (Lipinski definition) is 4. The van der Waals surface area contributed by atoms with Crippen LogP contribution < -0.4 is 10.6 Å². The molecule has 0 atom stereocenters. The van der Waals surface area contributed by atoms with Crippen LogP contribution in [-0.2, 0) is 0 Å². The predicted molar refractivity (Wildman–Crippen MR) is 54.6 cm³/mol. The molecular formula is C9H11F3N4O. The summed E-state index contributed by atoms with van der Waals surface area (Å²) >= 11 is 0. The highest BCUT2D eigenvalue weighted by atomic mass is 19.4. The lowest BCUT2D eigenvalue weighted by molar-refractivity contribution is -0.132. The molecule has 1 aromatic rings. The van der Waals surface area contributed by atoms with Gasteiger partial charge in [-0.1, -0.05) is 0 Å². The van der Waals surface area contributed by atoms with E-state index < -0.39 is 25.0 Å². The molecule has 1 heterocycles. The van der Waals surface area contributed by atoms with E-state index in [-0.39, 0.29) is 5.69 Å². The van der Waals surface area contributed by atoms with Gasteiger partial charge in [0.2, 0.25) is 0 Å². The minimum Gasteiger partial charge on any atom is -0.372 e. The zero-order valence-corrected chi connectivity index (χ0v) is 9.01. The molecule has 2 N–H and O–H groups in total. The number of nitrogens with zero attached hydrogens (tertiary/aromatic N) is 2. The first-order valence-corrected chi connectivity index (χ1v) is 4.79. The molecular weight excluding hydrogens is 237 g/mol. The van der Waals surface area contributed by atoms with Crippen molar-refractivity contribution in [2.45, 2.75) is 12.6 Å². The smallest absolute Gasteiger partial charge is 0.372 e. The number of nitrogens with one attached hydrogen (secondary N) is 2. The molecule has 0 aliphatic carbocycles. The first-order chi connectivity index (χ1) is 7.92. The maximum Gasteiger partial charge on any atom is 0.390 e. The summed E-state index contributed by atoms with van der Waals surface area (Å²) < 4.78 is 35.5. The van der Waals surface area contributed by atoms with Crippen molar-refractivity contribution in [2.75, 3.05) is 18.9 Å². The van der Waals surface area contributed by atoms with Crippen molar-refractivity contribution >= 4 is 11.7 Å². The van der Waals surface area contributed by atoms with Crippen molar-refractivity contribution in [2.24, 2.45) is 0 Å². The molecule has 0 aromatic carbocycles. The number of hydrogen-bond donors (Lipinski definition) is 2. The molecule has 0 fully saturated rings. The Balaban J connectivity index is 2.47. The van der Waals surface area contributed by atoms with Gasteiger partial charge in [0.25, 0.3) is 5.91 Å². The van der Waals surface area contributed by atoms with E-state index in [1.807, 2.05) is 0 Å². The molecule has 94 valence electrons. The van der Waals surface area contributed by atoms with E-state index in [9.17, 15) is 18.0 Å². The van der Waals surface area contributed by atoms with Crippen LogP contribution in [0.2, 0.25) is 0 Å². The molecule has 8 heteroatoms. The normalized spacial score (nSPS) is 11.1. The standard InChI is InChI=1S/C9H11F3N4O/c1-13-7-3-2-6(15-16-7)8(17)14-5-4-9(10,11)12/h2-3H,4-5H2,1H3,(H,13,16)(H,14,17). The number of carbonyl (C=O) groups excluding carboxylic acids is 1. The highest BCUT2D eigenvalue weighted by molar-refractivity contribution is 5.92. The Morgan fingerprint density at radius 1 is 1.35 bits per heavy atom. The minimum atomic E-state index is -4.28. The van der Waals surface area contributed by atoms with E-state index in [0.29, 0.717) is 5.82 Å². The fraction of sp³-hybridized carbons (Fsp3) is 0.444. The Kier molecular flexibility index (Phi) is 4.24. The summed E-state index contributed by atoms with van der Waals surface area (Å²) in [5.74, 6) is -0.207. The Morgan fingerprint density at radius 2 is 2.06 bits per heavy atom. The van der Waals surface area contributed by atoms with Crippen LogP contribution in [0.25, 0.3) is 0 Å². The lowest BCUT2D eigenvalue weighted by Crippen LogP contribution is -2.28. The fourth-order valence-electron chi connectivity index (χ4n) is 0.995. The number of aromatic nitrogens is 2. The number of amides is 1. The number of alkyl halides is 3. The molecule has 0 aliphatic rings. The second-order valence-corrected chi connectivity index (χ2v) is 3.17. The Morgan fingerprint density at radius 3 is 2.53 bits per heavy atom. The van der Waals surface area contributed by atoms with Gasteiger partial charge in [0.15, 0.2) is 5.69 Å². The van der Waals surface area contributed by atoms with Crippen LogP contribution in [-0.4, -0.2) is 35.9 Å². The predicted octanol–water partition coefficient (Wildman–Crippen LogP) is 1.20. The molecule has 0 radical (unpaired) electrons.